The third kappa shape index (κ3) is 7.99. The molecule has 0 aromatic heterocycles. The van der Waals surface area contributed by atoms with E-state index in [1.807, 2.05) is 0 Å². The Kier molecular flexibility index (Phi) is 8.96. The summed E-state index contributed by atoms with van der Waals surface area (Å²) in [7, 11) is 0. The molecule has 0 saturated carbocycles. The van der Waals surface area contributed by atoms with E-state index in [0.717, 1.165) is 6.42 Å². The Morgan fingerprint density at radius 3 is 2.40 bits per heavy atom. The Labute approximate surface area is 121 Å². The van der Waals surface area contributed by atoms with Crippen molar-refractivity contribution in [2.24, 2.45) is 11.3 Å². The van der Waals surface area contributed by atoms with Crippen molar-refractivity contribution < 1.29 is 19.4 Å². The van der Waals surface area contributed by atoms with E-state index >= 15 is 0 Å². The highest BCUT2D eigenvalue weighted by Gasteiger charge is 2.31. The van der Waals surface area contributed by atoms with E-state index in [1.165, 1.54) is 0 Å². The first-order valence-corrected chi connectivity index (χ1v) is 7.14. The summed E-state index contributed by atoms with van der Waals surface area (Å²) in [5.74, 6) is -0.300. The first-order chi connectivity index (χ1) is 9.31. The normalized spacial score (nSPS) is 13.8. The summed E-state index contributed by atoms with van der Waals surface area (Å²) in [5, 5.41) is 14.3. The van der Waals surface area contributed by atoms with Crippen LogP contribution in [0.15, 0.2) is 0 Å². The molecule has 0 aliphatic carbocycles. The van der Waals surface area contributed by atoms with Gasteiger partial charge < -0.3 is 20.5 Å². The van der Waals surface area contributed by atoms with Crippen LogP contribution in [0.4, 0.5) is 4.79 Å². The largest absolute Gasteiger partial charge is 0.481 e. The lowest BCUT2D eigenvalue weighted by molar-refractivity contribution is -0.147. The zero-order chi connectivity index (χ0) is 15.6. The number of hydrogen-bond donors (Lipinski definition) is 3. The lowest BCUT2D eigenvalue weighted by Crippen LogP contribution is -2.45. The maximum absolute atomic E-state index is 11.5. The standard InChI is InChI=1S/C14H28N2O4/c1-5-14(4,12(17)18)10-16-13(19)15-7-9-20-8-6-11(2)3/h11H,5-10H2,1-4H3,(H,17,18)(H2,15,16,19). The number of carbonyl (C=O) groups excluding carboxylic acids is 1. The average molecular weight is 288 g/mol. The zero-order valence-electron chi connectivity index (χ0n) is 13.0. The molecule has 20 heavy (non-hydrogen) atoms. The van der Waals surface area contributed by atoms with Gasteiger partial charge in [-0.25, -0.2) is 4.79 Å². The monoisotopic (exact) mass is 288 g/mol. The molecule has 0 saturated heterocycles. The number of rotatable bonds is 10. The number of carboxylic acids is 1. The first-order valence-electron chi connectivity index (χ1n) is 7.14. The van der Waals surface area contributed by atoms with Gasteiger partial charge in [0.05, 0.1) is 12.0 Å². The molecule has 0 spiro atoms. The second kappa shape index (κ2) is 9.58. The molecule has 6 heteroatoms. The number of carboxylic acid groups (broad SMARTS) is 1. The van der Waals surface area contributed by atoms with E-state index in [0.29, 0.717) is 32.1 Å². The summed E-state index contributed by atoms with van der Waals surface area (Å²) >= 11 is 0. The van der Waals surface area contributed by atoms with Crippen LogP contribution in [0.25, 0.3) is 0 Å². The maximum Gasteiger partial charge on any atom is 0.314 e. The van der Waals surface area contributed by atoms with Crippen molar-refractivity contribution >= 4 is 12.0 Å². The fourth-order valence-electron chi connectivity index (χ4n) is 1.35. The zero-order valence-corrected chi connectivity index (χ0v) is 13.0. The number of amides is 2. The summed E-state index contributed by atoms with van der Waals surface area (Å²) in [6.45, 7) is 9.34. The molecule has 0 bridgehead atoms. The van der Waals surface area contributed by atoms with E-state index in [4.69, 9.17) is 9.84 Å². The number of aliphatic carboxylic acids is 1. The molecule has 2 amide bonds. The molecule has 3 N–H and O–H groups in total. The summed E-state index contributed by atoms with van der Waals surface area (Å²) in [5.41, 5.74) is -0.925. The highest BCUT2D eigenvalue weighted by molar-refractivity contribution is 5.77. The van der Waals surface area contributed by atoms with Crippen molar-refractivity contribution in [1.29, 1.82) is 0 Å². The minimum absolute atomic E-state index is 0.110. The van der Waals surface area contributed by atoms with Gasteiger partial charge in [0.15, 0.2) is 0 Å². The quantitative estimate of drug-likeness (QED) is 0.535. The predicted molar refractivity (Wildman–Crippen MR) is 77.7 cm³/mol. The molecule has 6 nitrogen and oxygen atoms in total. The van der Waals surface area contributed by atoms with Gasteiger partial charge in [-0.05, 0) is 25.7 Å². The summed E-state index contributed by atoms with van der Waals surface area (Å²) in [4.78, 5) is 22.6. The van der Waals surface area contributed by atoms with Crippen molar-refractivity contribution in [2.75, 3.05) is 26.3 Å². The molecular formula is C14H28N2O4. The topological polar surface area (TPSA) is 87.7 Å². The fourth-order valence-corrected chi connectivity index (χ4v) is 1.35. The van der Waals surface area contributed by atoms with Crippen molar-refractivity contribution in [3.05, 3.63) is 0 Å². The van der Waals surface area contributed by atoms with Gasteiger partial charge in [-0.3, -0.25) is 4.79 Å². The van der Waals surface area contributed by atoms with Crippen LogP contribution in [0, 0.1) is 11.3 Å². The Hall–Kier alpha value is -1.30. The minimum atomic E-state index is -0.925. The molecule has 0 aromatic carbocycles. The summed E-state index contributed by atoms with van der Waals surface area (Å²) < 4.78 is 5.36. The minimum Gasteiger partial charge on any atom is -0.481 e. The molecule has 118 valence electrons. The fraction of sp³-hybridized carbons (Fsp3) is 0.857. The molecule has 0 rings (SSSR count). The Morgan fingerprint density at radius 1 is 1.25 bits per heavy atom. The van der Waals surface area contributed by atoms with E-state index in [9.17, 15) is 9.59 Å². The smallest absolute Gasteiger partial charge is 0.314 e. The van der Waals surface area contributed by atoms with Gasteiger partial charge >= 0.3 is 12.0 Å². The van der Waals surface area contributed by atoms with Crippen LogP contribution in [0.1, 0.15) is 40.5 Å². The second-order valence-electron chi connectivity index (χ2n) is 5.62. The maximum atomic E-state index is 11.5. The third-order valence-corrected chi connectivity index (χ3v) is 3.31. The molecule has 0 aliphatic heterocycles. The molecule has 0 aromatic rings. The molecule has 0 fully saturated rings. The van der Waals surface area contributed by atoms with Crippen LogP contribution >= 0.6 is 0 Å². The average Bonchev–Trinajstić information content (AvgIpc) is 2.39. The lowest BCUT2D eigenvalue weighted by atomic mass is 9.88. The summed E-state index contributed by atoms with van der Waals surface area (Å²) in [6, 6.07) is -0.363. The number of carbonyl (C=O) groups is 2. The molecular weight excluding hydrogens is 260 g/mol. The number of ether oxygens (including phenoxy) is 1. The highest BCUT2D eigenvalue weighted by Crippen LogP contribution is 2.19. The van der Waals surface area contributed by atoms with Crippen LogP contribution in [-0.4, -0.2) is 43.4 Å². The van der Waals surface area contributed by atoms with E-state index in [1.54, 1.807) is 13.8 Å². The van der Waals surface area contributed by atoms with Gasteiger partial charge in [0.2, 0.25) is 0 Å². The van der Waals surface area contributed by atoms with Gasteiger partial charge in [0.25, 0.3) is 0 Å². The first kappa shape index (κ1) is 18.7. The predicted octanol–water partition coefficient (Wildman–Crippen LogP) is 1.85. The Bertz CT molecular complexity index is 308. The Morgan fingerprint density at radius 2 is 1.90 bits per heavy atom. The number of hydrogen-bond acceptors (Lipinski definition) is 3. The molecule has 1 atom stereocenters. The summed E-state index contributed by atoms with van der Waals surface area (Å²) in [6.07, 6.45) is 1.46. The van der Waals surface area contributed by atoms with Crippen molar-refractivity contribution in [3.63, 3.8) is 0 Å². The Balaban J connectivity index is 3.71. The van der Waals surface area contributed by atoms with Gasteiger partial charge in [-0.2, -0.15) is 0 Å². The highest BCUT2D eigenvalue weighted by atomic mass is 16.5. The van der Waals surface area contributed by atoms with Gasteiger partial charge in [-0.1, -0.05) is 20.8 Å². The molecule has 1 unspecified atom stereocenters. The van der Waals surface area contributed by atoms with E-state index in [-0.39, 0.29) is 12.6 Å². The van der Waals surface area contributed by atoms with Crippen LogP contribution in [0.3, 0.4) is 0 Å². The molecule has 0 aliphatic rings. The van der Waals surface area contributed by atoms with Gasteiger partial charge in [-0.15, -0.1) is 0 Å². The van der Waals surface area contributed by atoms with Crippen LogP contribution in [0.2, 0.25) is 0 Å². The van der Waals surface area contributed by atoms with Crippen molar-refractivity contribution in [1.82, 2.24) is 10.6 Å². The lowest BCUT2D eigenvalue weighted by Gasteiger charge is -2.23. The number of nitrogens with one attached hydrogen (secondary N) is 2. The van der Waals surface area contributed by atoms with Crippen LogP contribution < -0.4 is 10.6 Å². The van der Waals surface area contributed by atoms with Crippen molar-refractivity contribution in [3.8, 4) is 0 Å². The number of urea groups is 1. The van der Waals surface area contributed by atoms with E-state index in [2.05, 4.69) is 24.5 Å². The molecule has 0 radical (unpaired) electrons. The molecule has 0 heterocycles. The van der Waals surface area contributed by atoms with Crippen molar-refractivity contribution in [2.45, 2.75) is 40.5 Å². The SMILES string of the molecule is CCC(C)(CNC(=O)NCCOCCC(C)C)C(=O)O. The third-order valence-electron chi connectivity index (χ3n) is 3.31. The van der Waals surface area contributed by atoms with E-state index < -0.39 is 11.4 Å². The van der Waals surface area contributed by atoms with Crippen LogP contribution in [-0.2, 0) is 9.53 Å². The van der Waals surface area contributed by atoms with Crippen LogP contribution in [0.5, 0.6) is 0 Å². The second-order valence-corrected chi connectivity index (χ2v) is 5.62. The van der Waals surface area contributed by atoms with Gasteiger partial charge in [0, 0.05) is 19.7 Å². The van der Waals surface area contributed by atoms with Gasteiger partial charge in [0.1, 0.15) is 0 Å².